The van der Waals surface area contributed by atoms with Crippen LogP contribution in [0.15, 0.2) is 25.3 Å². The maximum atomic E-state index is 12.4. The molecule has 15 nitrogen and oxygen atoms in total. The molecule has 0 aromatic rings. The molecule has 0 fully saturated rings. The third-order valence-corrected chi connectivity index (χ3v) is 5.85. The highest BCUT2D eigenvalue weighted by Crippen LogP contribution is 2.25. The molecule has 0 saturated heterocycles. The standard InChI is InChI=1S/C29H47N3O12/c1-5-24(34)40-18-15-31-12-9-27(37)43-21-29(7-3,20-42-26(36)8-11-30-14-17-39-23(4)33)22-44-28(38)10-13-32-16-19-41-25(35)6-2/h5-6,30-32H,1-2,7-22H2,3-4H3. The first-order chi connectivity index (χ1) is 21.1. The van der Waals surface area contributed by atoms with Crippen LogP contribution in [0.25, 0.3) is 0 Å². The van der Waals surface area contributed by atoms with Crippen molar-refractivity contribution in [1.29, 1.82) is 0 Å². The summed E-state index contributed by atoms with van der Waals surface area (Å²) in [6, 6.07) is 0. The summed E-state index contributed by atoms with van der Waals surface area (Å²) < 4.78 is 30.8. The van der Waals surface area contributed by atoms with Gasteiger partial charge in [0, 0.05) is 58.3 Å². The second-order valence-corrected chi connectivity index (χ2v) is 9.42. The van der Waals surface area contributed by atoms with Crippen molar-refractivity contribution in [2.24, 2.45) is 5.41 Å². The van der Waals surface area contributed by atoms with Crippen molar-refractivity contribution in [3.8, 4) is 0 Å². The van der Waals surface area contributed by atoms with Gasteiger partial charge in [-0.25, -0.2) is 9.59 Å². The Morgan fingerprint density at radius 1 is 0.568 bits per heavy atom. The van der Waals surface area contributed by atoms with E-state index in [1.165, 1.54) is 6.92 Å². The van der Waals surface area contributed by atoms with Gasteiger partial charge >= 0.3 is 35.8 Å². The van der Waals surface area contributed by atoms with Gasteiger partial charge in [0.05, 0.1) is 24.7 Å². The molecule has 0 heterocycles. The van der Waals surface area contributed by atoms with Gasteiger partial charge in [-0.2, -0.15) is 0 Å². The summed E-state index contributed by atoms with van der Waals surface area (Å²) in [5.74, 6) is -3.02. The minimum atomic E-state index is -0.984. The topological polar surface area (TPSA) is 194 Å². The molecule has 0 rings (SSSR count). The molecule has 0 aromatic heterocycles. The lowest BCUT2D eigenvalue weighted by Crippen LogP contribution is -2.39. The van der Waals surface area contributed by atoms with Crippen LogP contribution in [-0.2, 0) is 57.2 Å². The van der Waals surface area contributed by atoms with Gasteiger partial charge in [0.15, 0.2) is 0 Å². The molecule has 0 radical (unpaired) electrons. The smallest absolute Gasteiger partial charge is 0.330 e. The number of hydrogen-bond acceptors (Lipinski definition) is 15. The monoisotopic (exact) mass is 629 g/mol. The molecule has 0 unspecified atom stereocenters. The van der Waals surface area contributed by atoms with Crippen molar-refractivity contribution in [3.63, 3.8) is 0 Å². The summed E-state index contributed by atoms with van der Waals surface area (Å²) in [4.78, 5) is 70.0. The van der Waals surface area contributed by atoms with Crippen LogP contribution in [0.3, 0.4) is 0 Å². The number of nitrogens with one attached hydrogen (secondary N) is 3. The highest BCUT2D eigenvalue weighted by molar-refractivity contribution is 5.81. The summed E-state index contributed by atoms with van der Waals surface area (Å²) in [7, 11) is 0. The first-order valence-corrected chi connectivity index (χ1v) is 14.4. The first kappa shape index (κ1) is 40.2. The van der Waals surface area contributed by atoms with Gasteiger partial charge < -0.3 is 44.4 Å². The molecule has 15 heteroatoms. The van der Waals surface area contributed by atoms with Crippen molar-refractivity contribution in [2.45, 2.75) is 39.5 Å². The van der Waals surface area contributed by atoms with Gasteiger partial charge in [0.25, 0.3) is 0 Å². The Labute approximate surface area is 258 Å². The lowest BCUT2D eigenvalue weighted by molar-refractivity contribution is -0.162. The average Bonchev–Trinajstić information content (AvgIpc) is 3.01. The quantitative estimate of drug-likeness (QED) is 0.0474. The van der Waals surface area contributed by atoms with Crippen molar-refractivity contribution < 1.29 is 57.2 Å². The Morgan fingerprint density at radius 2 is 0.909 bits per heavy atom. The summed E-state index contributed by atoms with van der Waals surface area (Å²) in [5, 5.41) is 8.86. The van der Waals surface area contributed by atoms with Crippen LogP contribution in [0.5, 0.6) is 0 Å². The average molecular weight is 630 g/mol. The predicted octanol–water partition coefficient (Wildman–Crippen LogP) is -0.0270. The Kier molecular flexibility index (Phi) is 23.4. The molecule has 0 aromatic carbocycles. The van der Waals surface area contributed by atoms with Crippen molar-refractivity contribution in [3.05, 3.63) is 25.3 Å². The maximum absolute atomic E-state index is 12.4. The largest absolute Gasteiger partial charge is 0.465 e. The van der Waals surface area contributed by atoms with E-state index in [1.54, 1.807) is 6.92 Å². The Bertz CT molecular complexity index is 877. The van der Waals surface area contributed by atoms with Crippen LogP contribution < -0.4 is 16.0 Å². The van der Waals surface area contributed by atoms with Crippen LogP contribution in [0.1, 0.15) is 39.5 Å². The van der Waals surface area contributed by atoms with Gasteiger partial charge in [-0.05, 0) is 6.42 Å². The molecule has 0 aliphatic rings. The van der Waals surface area contributed by atoms with Crippen LogP contribution in [0.2, 0.25) is 0 Å². The molecule has 0 aliphatic heterocycles. The van der Waals surface area contributed by atoms with Gasteiger partial charge in [-0.15, -0.1) is 0 Å². The Balaban J connectivity index is 4.80. The highest BCUT2D eigenvalue weighted by Gasteiger charge is 2.34. The zero-order chi connectivity index (χ0) is 33.1. The maximum Gasteiger partial charge on any atom is 0.330 e. The molecule has 0 amide bonds. The molecule has 0 spiro atoms. The van der Waals surface area contributed by atoms with E-state index >= 15 is 0 Å². The lowest BCUT2D eigenvalue weighted by Gasteiger charge is -2.31. The summed E-state index contributed by atoms with van der Waals surface area (Å²) >= 11 is 0. The fourth-order valence-electron chi connectivity index (χ4n) is 3.13. The molecule has 0 bridgehead atoms. The molecule has 250 valence electrons. The number of carbonyl (C=O) groups is 6. The summed E-state index contributed by atoms with van der Waals surface area (Å²) in [5.41, 5.74) is -0.984. The van der Waals surface area contributed by atoms with Crippen molar-refractivity contribution in [1.82, 2.24) is 16.0 Å². The predicted molar refractivity (Wildman–Crippen MR) is 157 cm³/mol. The van der Waals surface area contributed by atoms with Crippen LogP contribution in [0.4, 0.5) is 0 Å². The fourth-order valence-corrected chi connectivity index (χ4v) is 3.13. The Morgan fingerprint density at radius 3 is 1.20 bits per heavy atom. The summed E-state index contributed by atoms with van der Waals surface area (Å²) in [6.07, 6.45) is 2.58. The normalized spacial score (nSPS) is 10.7. The van der Waals surface area contributed by atoms with E-state index in [-0.39, 0.29) is 72.0 Å². The first-order valence-electron chi connectivity index (χ1n) is 14.4. The van der Waals surface area contributed by atoms with E-state index in [9.17, 15) is 28.8 Å². The molecule has 3 N–H and O–H groups in total. The van der Waals surface area contributed by atoms with E-state index in [1.807, 2.05) is 0 Å². The van der Waals surface area contributed by atoms with Crippen LogP contribution in [-0.4, -0.2) is 115 Å². The minimum Gasteiger partial charge on any atom is -0.465 e. The molecule has 0 aliphatic carbocycles. The SMILES string of the molecule is C=CC(=O)OCCNCCC(=O)OCC(CC)(COC(=O)CCNCCOC(C)=O)COC(=O)CCNCCOC(=O)C=C. The van der Waals surface area contributed by atoms with Gasteiger partial charge in [0.1, 0.15) is 39.6 Å². The molecular formula is C29H47N3O12. The zero-order valence-corrected chi connectivity index (χ0v) is 25.8. The van der Waals surface area contributed by atoms with Gasteiger partial charge in [0.2, 0.25) is 0 Å². The van der Waals surface area contributed by atoms with Gasteiger partial charge in [-0.3, -0.25) is 19.2 Å². The second-order valence-electron chi connectivity index (χ2n) is 9.42. The fraction of sp³-hybridized carbons (Fsp3) is 0.655. The highest BCUT2D eigenvalue weighted by atomic mass is 16.6. The molecular weight excluding hydrogens is 582 g/mol. The Hall–Kier alpha value is -3.82. The lowest BCUT2D eigenvalue weighted by atomic mass is 9.88. The number of rotatable bonds is 27. The van der Waals surface area contributed by atoms with E-state index in [0.717, 1.165) is 12.2 Å². The van der Waals surface area contributed by atoms with Crippen LogP contribution in [0, 0.1) is 5.41 Å². The number of carbonyl (C=O) groups excluding carboxylic acids is 6. The minimum absolute atomic E-state index is 0.0293. The second kappa shape index (κ2) is 25.7. The van der Waals surface area contributed by atoms with E-state index in [2.05, 4.69) is 29.1 Å². The third-order valence-electron chi connectivity index (χ3n) is 5.85. The van der Waals surface area contributed by atoms with E-state index in [4.69, 9.17) is 28.4 Å². The number of ether oxygens (including phenoxy) is 6. The van der Waals surface area contributed by atoms with E-state index < -0.39 is 41.2 Å². The van der Waals surface area contributed by atoms with Crippen molar-refractivity contribution in [2.75, 3.05) is 78.9 Å². The number of hydrogen-bond donors (Lipinski definition) is 3. The third kappa shape index (κ3) is 22.7. The van der Waals surface area contributed by atoms with E-state index in [0.29, 0.717) is 32.6 Å². The molecule has 0 atom stereocenters. The van der Waals surface area contributed by atoms with Crippen molar-refractivity contribution >= 4 is 35.8 Å². The summed E-state index contributed by atoms with van der Waals surface area (Å²) in [6.45, 7) is 11.5. The molecule has 44 heavy (non-hydrogen) atoms. The van der Waals surface area contributed by atoms with Gasteiger partial charge in [-0.1, -0.05) is 20.1 Å². The molecule has 0 saturated carbocycles. The number of esters is 6. The zero-order valence-electron chi connectivity index (χ0n) is 25.8. The van der Waals surface area contributed by atoms with Crippen LogP contribution >= 0.6 is 0 Å².